The van der Waals surface area contributed by atoms with Crippen molar-refractivity contribution in [3.05, 3.63) is 27.8 Å². The second kappa shape index (κ2) is 6.69. The number of piperazine rings is 1. The summed E-state index contributed by atoms with van der Waals surface area (Å²) in [6.07, 6.45) is 0. The zero-order valence-corrected chi connectivity index (χ0v) is 13.3. The number of aromatic hydroxyl groups is 2. The minimum absolute atomic E-state index is 0.114. The third kappa shape index (κ3) is 3.54. The quantitative estimate of drug-likeness (QED) is 0.362. The van der Waals surface area contributed by atoms with Gasteiger partial charge in [-0.25, -0.2) is 0 Å². The van der Waals surface area contributed by atoms with Crippen LogP contribution in [-0.2, 0) is 0 Å². The van der Waals surface area contributed by atoms with Crippen molar-refractivity contribution < 1.29 is 20.2 Å². The zero-order chi connectivity index (χ0) is 17.2. The average molecular weight is 325 g/mol. The van der Waals surface area contributed by atoms with Crippen LogP contribution in [0.2, 0.25) is 0 Å². The van der Waals surface area contributed by atoms with Crippen LogP contribution in [0.5, 0.6) is 11.5 Å². The van der Waals surface area contributed by atoms with Gasteiger partial charge in [-0.1, -0.05) is 13.8 Å². The molecule has 1 aliphatic heterocycles. The standard InChI is InChI=1S/C15H23N3O5/c1-15(2,9-19)14(17-5-3-16-4-6-17)10-7-11(18(22)23)13(21)12(20)8-10/h7-8,14,16,19-21H,3-6,9H2,1-2H3/t14-/m0/s1. The average Bonchev–Trinajstić information content (AvgIpc) is 2.51. The van der Waals surface area contributed by atoms with Crippen LogP contribution < -0.4 is 5.32 Å². The first kappa shape index (κ1) is 17.5. The van der Waals surface area contributed by atoms with E-state index < -0.39 is 27.5 Å². The Labute approximate surface area is 134 Å². The van der Waals surface area contributed by atoms with Gasteiger partial charge < -0.3 is 20.6 Å². The Morgan fingerprint density at radius 1 is 1.35 bits per heavy atom. The van der Waals surface area contributed by atoms with E-state index in [1.54, 1.807) is 0 Å². The smallest absolute Gasteiger partial charge is 0.314 e. The van der Waals surface area contributed by atoms with Crippen LogP contribution in [0.4, 0.5) is 5.69 Å². The van der Waals surface area contributed by atoms with Crippen molar-refractivity contribution in [1.29, 1.82) is 0 Å². The molecule has 0 bridgehead atoms. The topological polar surface area (TPSA) is 119 Å². The van der Waals surface area contributed by atoms with Crippen molar-refractivity contribution in [2.75, 3.05) is 32.8 Å². The summed E-state index contributed by atoms with van der Waals surface area (Å²) >= 11 is 0. The molecule has 1 aromatic rings. The molecule has 23 heavy (non-hydrogen) atoms. The minimum Gasteiger partial charge on any atom is -0.504 e. The van der Waals surface area contributed by atoms with Crippen LogP contribution in [0, 0.1) is 15.5 Å². The molecule has 0 aliphatic carbocycles. The Morgan fingerprint density at radius 3 is 2.48 bits per heavy atom. The summed E-state index contributed by atoms with van der Waals surface area (Å²) in [5.74, 6) is -1.26. The Kier molecular flexibility index (Phi) is 5.08. The molecule has 1 aromatic carbocycles. The highest BCUT2D eigenvalue weighted by molar-refractivity contribution is 5.57. The van der Waals surface area contributed by atoms with Gasteiger partial charge in [0, 0.05) is 50.3 Å². The Balaban J connectivity index is 2.52. The van der Waals surface area contributed by atoms with Crippen molar-refractivity contribution >= 4 is 5.69 Å². The fourth-order valence-electron chi connectivity index (χ4n) is 3.11. The molecule has 1 heterocycles. The van der Waals surface area contributed by atoms with Crippen LogP contribution in [-0.4, -0.2) is 57.9 Å². The van der Waals surface area contributed by atoms with E-state index in [1.165, 1.54) is 12.1 Å². The lowest BCUT2D eigenvalue weighted by atomic mass is 9.79. The highest BCUT2D eigenvalue weighted by Gasteiger charge is 2.37. The molecule has 1 fully saturated rings. The molecule has 1 atom stereocenters. The normalized spacial score (nSPS) is 17.9. The van der Waals surface area contributed by atoms with E-state index in [-0.39, 0.29) is 12.6 Å². The number of nitro benzene ring substituents is 1. The summed E-state index contributed by atoms with van der Waals surface area (Å²) in [4.78, 5) is 12.5. The van der Waals surface area contributed by atoms with Gasteiger partial charge in [0.2, 0.25) is 5.75 Å². The number of benzene rings is 1. The number of phenolic OH excluding ortho intramolecular Hbond substituents is 2. The van der Waals surface area contributed by atoms with Crippen molar-refractivity contribution in [2.45, 2.75) is 19.9 Å². The molecule has 8 nitrogen and oxygen atoms in total. The summed E-state index contributed by atoms with van der Waals surface area (Å²) in [5, 5.41) is 43.7. The molecule has 8 heteroatoms. The first-order valence-electron chi connectivity index (χ1n) is 7.54. The van der Waals surface area contributed by atoms with Gasteiger partial charge >= 0.3 is 5.69 Å². The largest absolute Gasteiger partial charge is 0.504 e. The number of nitrogens with zero attached hydrogens (tertiary/aromatic N) is 2. The molecule has 0 radical (unpaired) electrons. The van der Waals surface area contributed by atoms with E-state index in [1.807, 2.05) is 13.8 Å². The molecule has 0 aromatic heterocycles. The lowest BCUT2D eigenvalue weighted by Crippen LogP contribution is -2.49. The number of nitro groups is 1. The SMILES string of the molecule is CC(C)(CO)[C@H](c1cc(O)c(O)c([N+](=O)[O-])c1)N1CCNCC1. The maximum atomic E-state index is 11.1. The van der Waals surface area contributed by atoms with Crippen LogP contribution in [0.1, 0.15) is 25.5 Å². The van der Waals surface area contributed by atoms with E-state index in [9.17, 15) is 25.4 Å². The minimum atomic E-state index is -0.736. The van der Waals surface area contributed by atoms with Gasteiger partial charge in [-0.2, -0.15) is 0 Å². The summed E-state index contributed by atoms with van der Waals surface area (Å²) in [7, 11) is 0. The molecule has 1 saturated heterocycles. The number of phenols is 2. The highest BCUT2D eigenvalue weighted by atomic mass is 16.6. The summed E-state index contributed by atoms with van der Waals surface area (Å²) in [6, 6.07) is 2.30. The Hall–Kier alpha value is -1.90. The first-order valence-corrected chi connectivity index (χ1v) is 7.54. The van der Waals surface area contributed by atoms with E-state index >= 15 is 0 Å². The maximum absolute atomic E-state index is 11.1. The molecule has 2 rings (SSSR count). The lowest BCUT2D eigenvalue weighted by Gasteiger charge is -2.43. The predicted molar refractivity (Wildman–Crippen MR) is 84.5 cm³/mol. The van der Waals surface area contributed by atoms with Crippen LogP contribution >= 0.6 is 0 Å². The first-order chi connectivity index (χ1) is 10.8. The Morgan fingerprint density at radius 2 is 1.96 bits per heavy atom. The van der Waals surface area contributed by atoms with Gasteiger partial charge in [-0.05, 0) is 11.6 Å². The van der Waals surface area contributed by atoms with Gasteiger partial charge in [-0.15, -0.1) is 0 Å². The summed E-state index contributed by atoms with van der Waals surface area (Å²) in [5.41, 5.74) is -0.601. The van der Waals surface area contributed by atoms with Gasteiger partial charge in [0.15, 0.2) is 5.75 Å². The lowest BCUT2D eigenvalue weighted by molar-refractivity contribution is -0.386. The number of hydrogen-bond donors (Lipinski definition) is 4. The molecule has 0 saturated carbocycles. The van der Waals surface area contributed by atoms with Gasteiger partial charge in [0.25, 0.3) is 0 Å². The monoisotopic (exact) mass is 325 g/mol. The Bertz CT molecular complexity index is 585. The van der Waals surface area contributed by atoms with Crippen molar-refractivity contribution in [3.63, 3.8) is 0 Å². The second-order valence-electron chi connectivity index (χ2n) is 6.50. The van der Waals surface area contributed by atoms with Crippen molar-refractivity contribution in [2.24, 2.45) is 5.41 Å². The van der Waals surface area contributed by atoms with Gasteiger partial charge in [0.1, 0.15) is 0 Å². The third-order valence-electron chi connectivity index (χ3n) is 4.27. The van der Waals surface area contributed by atoms with E-state index in [0.717, 1.165) is 26.2 Å². The fraction of sp³-hybridized carbons (Fsp3) is 0.600. The van der Waals surface area contributed by atoms with Crippen molar-refractivity contribution in [3.8, 4) is 11.5 Å². The molecule has 1 aliphatic rings. The fourth-order valence-corrected chi connectivity index (χ4v) is 3.11. The van der Waals surface area contributed by atoms with Gasteiger partial charge in [0.05, 0.1) is 4.92 Å². The molecule has 0 spiro atoms. The van der Waals surface area contributed by atoms with E-state index in [4.69, 9.17) is 0 Å². The summed E-state index contributed by atoms with van der Waals surface area (Å²) in [6.45, 7) is 6.64. The molecule has 0 amide bonds. The number of aliphatic hydroxyl groups is 1. The van der Waals surface area contributed by atoms with Crippen molar-refractivity contribution in [1.82, 2.24) is 10.2 Å². The highest BCUT2D eigenvalue weighted by Crippen LogP contribution is 2.44. The second-order valence-corrected chi connectivity index (χ2v) is 6.50. The zero-order valence-electron chi connectivity index (χ0n) is 13.3. The molecular weight excluding hydrogens is 302 g/mol. The van der Waals surface area contributed by atoms with Gasteiger partial charge in [-0.3, -0.25) is 15.0 Å². The molecule has 0 unspecified atom stereocenters. The number of nitrogens with one attached hydrogen (secondary N) is 1. The summed E-state index contributed by atoms with van der Waals surface area (Å²) < 4.78 is 0. The number of hydrogen-bond acceptors (Lipinski definition) is 7. The predicted octanol–water partition coefficient (Wildman–Crippen LogP) is 0.971. The number of aliphatic hydroxyl groups excluding tert-OH is 1. The third-order valence-corrected chi connectivity index (χ3v) is 4.27. The van der Waals surface area contributed by atoms with Crippen LogP contribution in [0.25, 0.3) is 0 Å². The molecule has 4 N–H and O–H groups in total. The van der Waals surface area contributed by atoms with E-state index in [2.05, 4.69) is 10.2 Å². The number of rotatable bonds is 5. The maximum Gasteiger partial charge on any atom is 0.314 e. The molecule has 128 valence electrons. The van der Waals surface area contributed by atoms with E-state index in [0.29, 0.717) is 5.56 Å². The van der Waals surface area contributed by atoms with Crippen LogP contribution in [0.15, 0.2) is 12.1 Å². The molecular formula is C15H23N3O5. The van der Waals surface area contributed by atoms with Crippen LogP contribution in [0.3, 0.4) is 0 Å².